The first-order chi connectivity index (χ1) is 15.7. The highest BCUT2D eigenvalue weighted by Gasteiger charge is 2.25. The predicted molar refractivity (Wildman–Crippen MR) is 127 cm³/mol. The van der Waals surface area contributed by atoms with Gasteiger partial charge >= 0.3 is 5.69 Å². The number of rotatable bonds is 9. The number of aromatic amines is 1. The molecule has 0 spiro atoms. The summed E-state index contributed by atoms with van der Waals surface area (Å²) in [7, 11) is 0. The summed E-state index contributed by atoms with van der Waals surface area (Å²) >= 11 is 0. The number of nitrogens with one attached hydrogen (secondary N) is 1. The second-order valence-electron chi connectivity index (χ2n) is 8.60. The Morgan fingerprint density at radius 1 is 1.21 bits per heavy atom. The lowest BCUT2D eigenvalue weighted by Crippen LogP contribution is -2.42. The summed E-state index contributed by atoms with van der Waals surface area (Å²) in [5.41, 5.74) is 7.53. The molecule has 3 aromatic rings. The first kappa shape index (κ1) is 24.0. The lowest BCUT2D eigenvalue weighted by Gasteiger charge is -2.25. The lowest BCUT2D eigenvalue weighted by molar-refractivity contribution is -0.118. The zero-order valence-electron chi connectivity index (χ0n) is 19.6. The number of benzene rings is 1. The molecule has 176 valence electrons. The summed E-state index contributed by atoms with van der Waals surface area (Å²) in [5, 5.41) is 3.93. The standard InChI is InChI=1S/C24H31N5O4/c1-15(2)12-13-28(20(30)11-10-19-16(3)27-33-17(19)4)21-22(25)29(24(32)26-23(21)31)14-18-8-6-5-7-9-18/h5-9,15H,10-14,25H2,1-4H3,(H,26,31,32). The van der Waals surface area contributed by atoms with E-state index in [2.05, 4.69) is 10.1 Å². The van der Waals surface area contributed by atoms with Gasteiger partial charge in [-0.2, -0.15) is 0 Å². The molecule has 0 fully saturated rings. The van der Waals surface area contributed by atoms with Gasteiger partial charge < -0.3 is 15.2 Å². The summed E-state index contributed by atoms with van der Waals surface area (Å²) in [4.78, 5) is 42.4. The Hall–Kier alpha value is -3.62. The topological polar surface area (TPSA) is 127 Å². The lowest BCUT2D eigenvalue weighted by atomic mass is 10.1. The Balaban J connectivity index is 1.97. The number of carbonyl (C=O) groups excluding carboxylic acids is 1. The van der Waals surface area contributed by atoms with Crippen molar-refractivity contribution in [2.75, 3.05) is 17.2 Å². The number of hydrogen-bond donors (Lipinski definition) is 2. The van der Waals surface area contributed by atoms with Crippen molar-refractivity contribution in [3.8, 4) is 0 Å². The SMILES string of the molecule is Cc1noc(C)c1CCC(=O)N(CCC(C)C)c1c(N)n(Cc2ccccc2)c(=O)[nH]c1=O. The normalized spacial score (nSPS) is 11.2. The van der Waals surface area contributed by atoms with Gasteiger partial charge in [0.05, 0.1) is 12.2 Å². The monoisotopic (exact) mass is 453 g/mol. The third-order valence-electron chi connectivity index (χ3n) is 5.67. The number of nitrogens with two attached hydrogens (primary N) is 1. The van der Waals surface area contributed by atoms with Gasteiger partial charge in [0.1, 0.15) is 11.6 Å². The molecule has 9 heteroatoms. The fraction of sp³-hybridized carbons (Fsp3) is 0.417. The van der Waals surface area contributed by atoms with E-state index < -0.39 is 11.2 Å². The van der Waals surface area contributed by atoms with Gasteiger partial charge in [0.2, 0.25) is 5.91 Å². The van der Waals surface area contributed by atoms with Crippen molar-refractivity contribution in [2.45, 2.75) is 53.5 Å². The highest BCUT2D eigenvalue weighted by molar-refractivity contribution is 5.95. The molecule has 0 atom stereocenters. The molecule has 1 amide bonds. The van der Waals surface area contributed by atoms with Gasteiger partial charge in [-0.3, -0.25) is 19.1 Å². The third-order valence-corrected chi connectivity index (χ3v) is 5.67. The van der Waals surface area contributed by atoms with Crippen LogP contribution in [0.4, 0.5) is 11.5 Å². The zero-order chi connectivity index (χ0) is 24.1. The number of carbonyl (C=O) groups is 1. The maximum absolute atomic E-state index is 13.3. The number of nitrogens with zero attached hydrogens (tertiary/aromatic N) is 3. The molecule has 0 saturated carbocycles. The zero-order valence-corrected chi connectivity index (χ0v) is 19.6. The largest absolute Gasteiger partial charge is 0.383 e. The van der Waals surface area contributed by atoms with Crippen LogP contribution in [0.3, 0.4) is 0 Å². The van der Waals surface area contributed by atoms with Crippen LogP contribution in [0.5, 0.6) is 0 Å². The summed E-state index contributed by atoms with van der Waals surface area (Å²) in [6, 6.07) is 9.32. The number of anilines is 2. The minimum Gasteiger partial charge on any atom is -0.383 e. The van der Waals surface area contributed by atoms with Crippen LogP contribution in [0, 0.1) is 19.8 Å². The molecule has 0 saturated heterocycles. The Bertz CT molecular complexity index is 1200. The molecule has 2 heterocycles. The van der Waals surface area contributed by atoms with Crippen molar-refractivity contribution in [2.24, 2.45) is 5.92 Å². The number of aromatic nitrogens is 3. The second-order valence-corrected chi connectivity index (χ2v) is 8.60. The fourth-order valence-corrected chi connectivity index (χ4v) is 3.74. The first-order valence-electron chi connectivity index (χ1n) is 11.1. The van der Waals surface area contributed by atoms with Gasteiger partial charge in [-0.15, -0.1) is 0 Å². The van der Waals surface area contributed by atoms with Crippen LogP contribution in [-0.4, -0.2) is 27.2 Å². The summed E-state index contributed by atoms with van der Waals surface area (Å²) in [6.45, 7) is 8.20. The van der Waals surface area contributed by atoms with Crippen LogP contribution >= 0.6 is 0 Å². The Morgan fingerprint density at radius 3 is 2.52 bits per heavy atom. The maximum Gasteiger partial charge on any atom is 0.330 e. The van der Waals surface area contributed by atoms with Crippen molar-refractivity contribution in [1.82, 2.24) is 14.7 Å². The van der Waals surface area contributed by atoms with Gasteiger partial charge in [-0.25, -0.2) is 4.79 Å². The first-order valence-corrected chi connectivity index (χ1v) is 11.1. The van der Waals surface area contributed by atoms with Crippen LogP contribution in [0.25, 0.3) is 0 Å². The van der Waals surface area contributed by atoms with Gasteiger partial charge in [0.15, 0.2) is 5.69 Å². The summed E-state index contributed by atoms with van der Waals surface area (Å²) in [6.07, 6.45) is 1.26. The Kier molecular flexibility index (Phi) is 7.52. The van der Waals surface area contributed by atoms with E-state index in [9.17, 15) is 14.4 Å². The van der Waals surface area contributed by atoms with Gasteiger partial charge in [-0.05, 0) is 38.2 Å². The molecule has 3 rings (SSSR count). The second kappa shape index (κ2) is 10.3. The minimum absolute atomic E-state index is 0.00921. The van der Waals surface area contributed by atoms with E-state index in [0.29, 0.717) is 31.1 Å². The van der Waals surface area contributed by atoms with Crippen LogP contribution < -0.4 is 21.9 Å². The minimum atomic E-state index is -0.670. The maximum atomic E-state index is 13.3. The molecule has 33 heavy (non-hydrogen) atoms. The smallest absolute Gasteiger partial charge is 0.330 e. The molecule has 0 radical (unpaired) electrons. The van der Waals surface area contributed by atoms with Crippen molar-refractivity contribution < 1.29 is 9.32 Å². The van der Waals surface area contributed by atoms with Crippen molar-refractivity contribution >= 4 is 17.4 Å². The Morgan fingerprint density at radius 2 is 1.91 bits per heavy atom. The highest BCUT2D eigenvalue weighted by atomic mass is 16.5. The van der Waals surface area contributed by atoms with Crippen LogP contribution in [0.1, 0.15) is 49.3 Å². The van der Waals surface area contributed by atoms with Crippen LogP contribution in [0.2, 0.25) is 0 Å². The molecule has 0 aliphatic carbocycles. The van der Waals surface area contributed by atoms with Crippen molar-refractivity contribution in [3.05, 3.63) is 73.8 Å². The fourth-order valence-electron chi connectivity index (χ4n) is 3.74. The molecule has 1 aromatic carbocycles. The summed E-state index contributed by atoms with van der Waals surface area (Å²) < 4.78 is 6.48. The van der Waals surface area contributed by atoms with Crippen molar-refractivity contribution in [3.63, 3.8) is 0 Å². The molecule has 2 aromatic heterocycles. The number of amides is 1. The molecule has 0 aliphatic rings. The van der Waals surface area contributed by atoms with E-state index in [0.717, 1.165) is 16.8 Å². The quantitative estimate of drug-likeness (QED) is 0.513. The number of aryl methyl sites for hydroxylation is 2. The molecule has 0 bridgehead atoms. The predicted octanol–water partition coefficient (Wildman–Crippen LogP) is 2.78. The highest BCUT2D eigenvalue weighted by Crippen LogP contribution is 2.22. The van der Waals surface area contributed by atoms with Gasteiger partial charge in [0.25, 0.3) is 5.56 Å². The van der Waals surface area contributed by atoms with E-state index in [1.807, 2.05) is 51.1 Å². The molecular formula is C24H31N5O4. The molecule has 0 aliphatic heterocycles. The van der Waals surface area contributed by atoms with E-state index in [1.54, 1.807) is 6.92 Å². The van der Waals surface area contributed by atoms with Gasteiger partial charge in [-0.1, -0.05) is 49.3 Å². The summed E-state index contributed by atoms with van der Waals surface area (Å²) in [5.74, 6) is 0.695. The average molecular weight is 454 g/mol. The van der Waals surface area contributed by atoms with Crippen LogP contribution in [-0.2, 0) is 17.8 Å². The Labute approximate surface area is 192 Å². The van der Waals surface area contributed by atoms with E-state index >= 15 is 0 Å². The molecule has 9 nitrogen and oxygen atoms in total. The van der Waals surface area contributed by atoms with E-state index in [1.165, 1.54) is 9.47 Å². The third kappa shape index (κ3) is 5.60. The van der Waals surface area contributed by atoms with Crippen molar-refractivity contribution in [1.29, 1.82) is 0 Å². The molecule has 0 unspecified atom stereocenters. The van der Waals surface area contributed by atoms with Crippen LogP contribution in [0.15, 0.2) is 44.4 Å². The van der Waals surface area contributed by atoms with Gasteiger partial charge in [0, 0.05) is 18.5 Å². The molecular weight excluding hydrogens is 422 g/mol. The van der Waals surface area contributed by atoms with E-state index in [-0.39, 0.29) is 30.4 Å². The number of nitrogen functional groups attached to an aromatic ring is 1. The van der Waals surface area contributed by atoms with E-state index in [4.69, 9.17) is 10.3 Å². The average Bonchev–Trinajstić information content (AvgIpc) is 3.09. The molecule has 3 N–H and O–H groups in total. The number of hydrogen-bond acceptors (Lipinski definition) is 6. The number of H-pyrrole nitrogens is 1.